The summed E-state index contributed by atoms with van der Waals surface area (Å²) >= 11 is 0. The third-order valence-electron chi connectivity index (χ3n) is 3.46. The minimum atomic E-state index is -0.908. The van der Waals surface area contributed by atoms with Crippen molar-refractivity contribution in [3.8, 4) is 0 Å². The lowest BCUT2D eigenvalue weighted by atomic mass is 10.2. The fraction of sp³-hybridized carbons (Fsp3) is 0.333. The van der Waals surface area contributed by atoms with Gasteiger partial charge in [0.25, 0.3) is 5.91 Å². The lowest BCUT2D eigenvalue weighted by Crippen LogP contribution is -2.31. The molecule has 1 amide bonds. The van der Waals surface area contributed by atoms with Gasteiger partial charge in [-0.05, 0) is 31.5 Å². The maximum atomic E-state index is 12.0. The lowest BCUT2D eigenvalue weighted by molar-refractivity contribution is -0.154. The van der Waals surface area contributed by atoms with Crippen LogP contribution in [0.5, 0.6) is 0 Å². The fourth-order valence-electron chi connectivity index (χ4n) is 2.16. The maximum absolute atomic E-state index is 12.0. The van der Waals surface area contributed by atoms with Gasteiger partial charge in [0.05, 0.1) is 12.2 Å². The van der Waals surface area contributed by atoms with E-state index in [1.54, 1.807) is 18.4 Å². The number of carbonyl (C=O) groups excluding carboxylic acids is 2. The van der Waals surface area contributed by atoms with E-state index in [0.29, 0.717) is 6.42 Å². The van der Waals surface area contributed by atoms with Gasteiger partial charge in [0.2, 0.25) is 5.95 Å². The maximum Gasteiger partial charge on any atom is 0.310 e. The van der Waals surface area contributed by atoms with Crippen molar-refractivity contribution in [2.45, 2.75) is 25.4 Å². The number of aromatic nitrogens is 2. The van der Waals surface area contributed by atoms with E-state index >= 15 is 0 Å². The first-order chi connectivity index (χ1) is 10.6. The largest absolute Gasteiger partial charge is 0.469 e. The minimum Gasteiger partial charge on any atom is -0.469 e. The smallest absolute Gasteiger partial charge is 0.310 e. The van der Waals surface area contributed by atoms with Crippen LogP contribution in [-0.2, 0) is 14.3 Å². The Morgan fingerprint density at radius 1 is 1.36 bits per heavy atom. The van der Waals surface area contributed by atoms with Crippen molar-refractivity contribution in [3.63, 3.8) is 0 Å². The number of esters is 1. The highest BCUT2D eigenvalue weighted by Gasteiger charge is 2.47. The molecular weight excluding hydrogens is 286 g/mol. The quantitative estimate of drug-likeness (QED) is 0.845. The van der Waals surface area contributed by atoms with E-state index in [2.05, 4.69) is 15.3 Å². The molecule has 0 spiro atoms. The van der Waals surface area contributed by atoms with Gasteiger partial charge < -0.3 is 9.15 Å². The molecule has 2 heterocycles. The summed E-state index contributed by atoms with van der Waals surface area (Å²) in [7, 11) is 0. The number of amides is 1. The zero-order valence-electron chi connectivity index (χ0n) is 11.9. The molecule has 1 N–H and O–H groups in total. The van der Waals surface area contributed by atoms with Crippen LogP contribution in [0.25, 0.3) is 0 Å². The average molecular weight is 301 g/mol. The second kappa shape index (κ2) is 5.97. The number of nitrogens with one attached hydrogen (secondary N) is 1. The van der Waals surface area contributed by atoms with Crippen LogP contribution >= 0.6 is 0 Å². The highest BCUT2D eigenvalue weighted by atomic mass is 16.5. The molecule has 1 aliphatic carbocycles. The lowest BCUT2D eigenvalue weighted by Gasteiger charge is -2.12. The third-order valence-corrected chi connectivity index (χ3v) is 3.46. The molecule has 0 bridgehead atoms. The molecule has 3 atom stereocenters. The predicted molar refractivity (Wildman–Crippen MR) is 75.8 cm³/mol. The van der Waals surface area contributed by atoms with Crippen molar-refractivity contribution in [1.82, 2.24) is 9.97 Å². The number of hydrogen-bond donors (Lipinski definition) is 1. The average Bonchev–Trinajstić information content (AvgIpc) is 3.14. The molecule has 0 saturated heterocycles. The summed E-state index contributed by atoms with van der Waals surface area (Å²) in [5.74, 6) is -0.0932. The van der Waals surface area contributed by atoms with Crippen LogP contribution in [0.2, 0.25) is 0 Å². The predicted octanol–water partition coefficient (Wildman–Crippen LogP) is 1.74. The standard InChI is InChI=1S/C15H15N3O4/c1-9(13(19)18-15-16-5-3-6-17-15)22-14(20)11-8-10(11)12-4-2-7-21-12/h2-7,9-11H,8H2,1H3,(H,16,17,18,19)/t9-,10+,11-/m0/s1. The molecule has 7 nitrogen and oxygen atoms in total. The molecule has 7 heteroatoms. The Labute approximate surface area is 126 Å². The van der Waals surface area contributed by atoms with E-state index in [4.69, 9.17) is 9.15 Å². The van der Waals surface area contributed by atoms with E-state index in [1.807, 2.05) is 6.07 Å². The topological polar surface area (TPSA) is 94.3 Å². The van der Waals surface area contributed by atoms with Gasteiger partial charge in [-0.25, -0.2) is 9.97 Å². The van der Waals surface area contributed by atoms with Gasteiger partial charge in [-0.1, -0.05) is 0 Å². The molecule has 2 aromatic heterocycles. The number of anilines is 1. The minimum absolute atomic E-state index is 0.0511. The first kappa shape index (κ1) is 14.2. The summed E-state index contributed by atoms with van der Waals surface area (Å²) in [4.78, 5) is 31.7. The summed E-state index contributed by atoms with van der Waals surface area (Å²) in [5, 5.41) is 2.49. The van der Waals surface area contributed by atoms with Crippen molar-refractivity contribution in [3.05, 3.63) is 42.6 Å². The Morgan fingerprint density at radius 2 is 2.14 bits per heavy atom. The van der Waals surface area contributed by atoms with Crippen LogP contribution in [0.3, 0.4) is 0 Å². The Bertz CT molecular complexity index is 657. The summed E-state index contributed by atoms with van der Waals surface area (Å²) in [6.45, 7) is 1.51. The zero-order valence-corrected chi connectivity index (χ0v) is 11.9. The van der Waals surface area contributed by atoms with Crippen LogP contribution < -0.4 is 5.32 Å². The Kier molecular flexibility index (Phi) is 3.86. The Hall–Kier alpha value is -2.70. The van der Waals surface area contributed by atoms with Gasteiger partial charge in [0.1, 0.15) is 5.76 Å². The molecule has 0 radical (unpaired) electrons. The molecule has 1 aliphatic rings. The normalized spacial score (nSPS) is 21.0. The van der Waals surface area contributed by atoms with Crippen molar-refractivity contribution in [1.29, 1.82) is 0 Å². The molecule has 0 unspecified atom stereocenters. The summed E-state index contributed by atoms with van der Waals surface area (Å²) < 4.78 is 10.5. The van der Waals surface area contributed by atoms with Crippen molar-refractivity contribution >= 4 is 17.8 Å². The van der Waals surface area contributed by atoms with E-state index < -0.39 is 18.0 Å². The molecule has 1 fully saturated rings. The molecule has 114 valence electrons. The number of rotatable bonds is 5. The van der Waals surface area contributed by atoms with Gasteiger partial charge in [-0.15, -0.1) is 0 Å². The Balaban J connectivity index is 1.50. The van der Waals surface area contributed by atoms with E-state index in [-0.39, 0.29) is 17.8 Å². The first-order valence-electron chi connectivity index (χ1n) is 6.97. The van der Waals surface area contributed by atoms with Gasteiger partial charge in [0, 0.05) is 18.3 Å². The monoisotopic (exact) mass is 301 g/mol. The zero-order chi connectivity index (χ0) is 15.5. The highest BCUT2D eigenvalue weighted by Crippen LogP contribution is 2.48. The number of nitrogens with zero attached hydrogens (tertiary/aromatic N) is 2. The van der Waals surface area contributed by atoms with E-state index in [0.717, 1.165) is 5.76 Å². The van der Waals surface area contributed by atoms with Gasteiger partial charge in [0.15, 0.2) is 6.10 Å². The molecule has 22 heavy (non-hydrogen) atoms. The molecule has 1 saturated carbocycles. The summed E-state index contributed by atoms with van der Waals surface area (Å²) in [5.41, 5.74) is 0. The van der Waals surface area contributed by atoms with E-state index in [9.17, 15) is 9.59 Å². The van der Waals surface area contributed by atoms with Gasteiger partial charge >= 0.3 is 5.97 Å². The van der Waals surface area contributed by atoms with Crippen LogP contribution in [0.15, 0.2) is 41.3 Å². The van der Waals surface area contributed by atoms with Crippen LogP contribution in [0, 0.1) is 5.92 Å². The first-order valence-corrected chi connectivity index (χ1v) is 6.97. The van der Waals surface area contributed by atoms with Crippen LogP contribution in [0.4, 0.5) is 5.95 Å². The van der Waals surface area contributed by atoms with Gasteiger partial charge in [-0.2, -0.15) is 0 Å². The van der Waals surface area contributed by atoms with Crippen LogP contribution in [0.1, 0.15) is 25.0 Å². The van der Waals surface area contributed by atoms with Crippen molar-refractivity contribution in [2.24, 2.45) is 5.92 Å². The molecule has 3 rings (SSSR count). The fourth-order valence-corrected chi connectivity index (χ4v) is 2.16. The molecule has 2 aromatic rings. The second-order valence-electron chi connectivity index (χ2n) is 5.10. The third kappa shape index (κ3) is 3.13. The van der Waals surface area contributed by atoms with Crippen molar-refractivity contribution < 1.29 is 18.7 Å². The molecular formula is C15H15N3O4. The van der Waals surface area contributed by atoms with E-state index in [1.165, 1.54) is 19.3 Å². The van der Waals surface area contributed by atoms with Crippen LogP contribution in [-0.4, -0.2) is 27.9 Å². The second-order valence-corrected chi connectivity index (χ2v) is 5.10. The molecule has 0 aliphatic heterocycles. The summed E-state index contributed by atoms with van der Waals surface area (Å²) in [6, 6.07) is 5.26. The number of furan rings is 1. The van der Waals surface area contributed by atoms with Gasteiger partial charge in [-0.3, -0.25) is 14.9 Å². The Morgan fingerprint density at radius 3 is 2.82 bits per heavy atom. The summed E-state index contributed by atoms with van der Waals surface area (Å²) in [6.07, 6.45) is 4.37. The number of carbonyl (C=O) groups is 2. The molecule has 0 aromatic carbocycles. The van der Waals surface area contributed by atoms with Crippen molar-refractivity contribution in [2.75, 3.05) is 5.32 Å². The highest BCUT2D eigenvalue weighted by molar-refractivity contribution is 5.94. The number of hydrogen-bond acceptors (Lipinski definition) is 6. The SMILES string of the molecule is C[C@H](OC(=O)[C@H]1C[C@H]1c1ccco1)C(=O)Nc1ncccn1. The number of ether oxygens (including phenoxy) is 1.